The summed E-state index contributed by atoms with van der Waals surface area (Å²) in [6.45, 7) is 0. The zero-order valence-corrected chi connectivity index (χ0v) is 11.5. The number of rotatable bonds is 4. The molecule has 7 heteroatoms. The van der Waals surface area contributed by atoms with E-state index in [4.69, 9.17) is 16.7 Å². The van der Waals surface area contributed by atoms with Crippen LogP contribution >= 0.6 is 22.9 Å². The monoisotopic (exact) mass is 313 g/mol. The highest BCUT2D eigenvalue weighted by Gasteiger charge is 2.23. The second-order valence-corrected chi connectivity index (χ2v) is 5.28. The molecule has 2 aromatic rings. The fourth-order valence-electron chi connectivity index (χ4n) is 1.56. The Morgan fingerprint density at radius 2 is 2.10 bits per heavy atom. The first kappa shape index (κ1) is 14.5. The number of carbonyl (C=O) groups excluding carboxylic acids is 1. The molecular formula is C13H9ClFNO3S. The lowest BCUT2D eigenvalue weighted by atomic mass is 10.1. The Labute approximate surface area is 122 Å². The van der Waals surface area contributed by atoms with Gasteiger partial charge < -0.3 is 10.4 Å². The van der Waals surface area contributed by atoms with E-state index < -0.39 is 23.7 Å². The summed E-state index contributed by atoms with van der Waals surface area (Å²) in [5, 5.41) is 13.1. The predicted octanol–water partition coefficient (Wildman–Crippen LogP) is 3.10. The van der Waals surface area contributed by atoms with Gasteiger partial charge in [-0.3, -0.25) is 4.79 Å². The summed E-state index contributed by atoms with van der Waals surface area (Å²) in [6, 6.07) is 5.66. The standard InChI is InChI=1S/C13H9ClFNO3S/c14-8-4-3-7(6-9(8)15)12(17)16-11(13(18)19)10-2-1-5-20-10/h1-6,11H,(H,16,17)(H,18,19). The van der Waals surface area contributed by atoms with Gasteiger partial charge in [0.05, 0.1) is 5.02 Å². The van der Waals surface area contributed by atoms with E-state index in [2.05, 4.69) is 5.32 Å². The Kier molecular flexibility index (Phi) is 4.36. The van der Waals surface area contributed by atoms with E-state index >= 15 is 0 Å². The summed E-state index contributed by atoms with van der Waals surface area (Å²) < 4.78 is 13.3. The number of hydrogen-bond acceptors (Lipinski definition) is 3. The molecule has 0 aliphatic carbocycles. The SMILES string of the molecule is O=C(NC(C(=O)O)c1cccs1)c1ccc(Cl)c(F)c1. The smallest absolute Gasteiger partial charge is 0.331 e. The van der Waals surface area contributed by atoms with Crippen molar-refractivity contribution < 1.29 is 19.1 Å². The Morgan fingerprint density at radius 1 is 1.35 bits per heavy atom. The molecule has 1 unspecified atom stereocenters. The molecule has 104 valence electrons. The third-order valence-corrected chi connectivity index (χ3v) is 3.78. The third-order valence-electron chi connectivity index (χ3n) is 2.53. The van der Waals surface area contributed by atoms with Crippen LogP contribution in [-0.4, -0.2) is 17.0 Å². The molecule has 0 saturated carbocycles. The maximum Gasteiger partial charge on any atom is 0.331 e. The molecule has 2 N–H and O–H groups in total. The number of carboxylic acids is 1. The lowest BCUT2D eigenvalue weighted by molar-refractivity contribution is -0.139. The first-order valence-corrected chi connectivity index (χ1v) is 6.77. The Hall–Kier alpha value is -1.92. The van der Waals surface area contributed by atoms with Crippen LogP contribution in [0, 0.1) is 5.82 Å². The molecule has 0 bridgehead atoms. The Balaban J connectivity index is 2.20. The van der Waals surface area contributed by atoms with Gasteiger partial charge in [-0.05, 0) is 29.6 Å². The number of carboxylic acid groups (broad SMARTS) is 1. The number of carbonyl (C=O) groups is 2. The first-order chi connectivity index (χ1) is 9.49. The van der Waals surface area contributed by atoms with Crippen LogP contribution in [-0.2, 0) is 4.79 Å². The maximum absolute atomic E-state index is 13.3. The minimum Gasteiger partial charge on any atom is -0.479 e. The van der Waals surface area contributed by atoms with Gasteiger partial charge in [0.1, 0.15) is 5.82 Å². The van der Waals surface area contributed by atoms with Crippen LogP contribution in [0.15, 0.2) is 35.7 Å². The van der Waals surface area contributed by atoms with Crippen molar-refractivity contribution in [3.8, 4) is 0 Å². The Morgan fingerprint density at radius 3 is 2.65 bits per heavy atom. The van der Waals surface area contributed by atoms with Crippen molar-refractivity contribution in [3.05, 3.63) is 57.0 Å². The molecule has 4 nitrogen and oxygen atoms in total. The average Bonchev–Trinajstić information content (AvgIpc) is 2.92. The number of nitrogens with one attached hydrogen (secondary N) is 1. The van der Waals surface area contributed by atoms with Crippen LogP contribution in [0.3, 0.4) is 0 Å². The number of benzene rings is 1. The molecule has 0 radical (unpaired) electrons. The van der Waals surface area contributed by atoms with Crippen molar-refractivity contribution in [2.45, 2.75) is 6.04 Å². The van der Waals surface area contributed by atoms with Crippen LogP contribution in [0.25, 0.3) is 0 Å². The number of halogens is 2. The van der Waals surface area contributed by atoms with E-state index in [0.29, 0.717) is 4.88 Å². The number of aliphatic carboxylic acids is 1. The Bertz CT molecular complexity index is 645. The van der Waals surface area contributed by atoms with E-state index in [1.165, 1.54) is 23.5 Å². The molecule has 2 rings (SSSR count). The fourth-order valence-corrected chi connectivity index (χ4v) is 2.45. The summed E-state index contributed by atoms with van der Waals surface area (Å²) in [7, 11) is 0. The number of hydrogen-bond donors (Lipinski definition) is 2. The van der Waals surface area contributed by atoms with Crippen LogP contribution in [0.5, 0.6) is 0 Å². The topological polar surface area (TPSA) is 66.4 Å². The van der Waals surface area contributed by atoms with E-state index in [1.807, 2.05) is 0 Å². The van der Waals surface area contributed by atoms with Crippen molar-refractivity contribution >= 4 is 34.8 Å². The summed E-state index contributed by atoms with van der Waals surface area (Å²) in [6.07, 6.45) is 0. The molecule has 1 amide bonds. The van der Waals surface area contributed by atoms with E-state index in [1.54, 1.807) is 17.5 Å². The van der Waals surface area contributed by atoms with Gasteiger partial charge in [-0.15, -0.1) is 11.3 Å². The molecule has 0 spiro atoms. The predicted molar refractivity (Wildman–Crippen MR) is 73.6 cm³/mol. The minimum absolute atomic E-state index is 0.00899. The molecule has 0 saturated heterocycles. The zero-order chi connectivity index (χ0) is 14.7. The summed E-state index contributed by atoms with van der Waals surface area (Å²) >= 11 is 6.73. The van der Waals surface area contributed by atoms with Gasteiger partial charge in [0.15, 0.2) is 6.04 Å². The molecule has 1 aromatic heterocycles. The molecule has 1 atom stereocenters. The first-order valence-electron chi connectivity index (χ1n) is 5.51. The number of thiophene rings is 1. The van der Waals surface area contributed by atoms with Crippen molar-refractivity contribution in [1.29, 1.82) is 0 Å². The van der Waals surface area contributed by atoms with Crippen LogP contribution in [0.2, 0.25) is 5.02 Å². The van der Waals surface area contributed by atoms with Crippen molar-refractivity contribution in [1.82, 2.24) is 5.32 Å². The molecular weight excluding hydrogens is 305 g/mol. The lowest BCUT2D eigenvalue weighted by Crippen LogP contribution is -2.33. The highest BCUT2D eigenvalue weighted by Crippen LogP contribution is 2.21. The molecule has 0 fully saturated rings. The molecule has 20 heavy (non-hydrogen) atoms. The third kappa shape index (κ3) is 3.15. The average molecular weight is 314 g/mol. The number of amides is 1. The van der Waals surface area contributed by atoms with Crippen molar-refractivity contribution in [2.75, 3.05) is 0 Å². The summed E-state index contributed by atoms with van der Waals surface area (Å²) in [5.41, 5.74) is 0.00899. The van der Waals surface area contributed by atoms with Crippen LogP contribution < -0.4 is 5.32 Å². The van der Waals surface area contributed by atoms with Gasteiger partial charge in [-0.25, -0.2) is 9.18 Å². The van der Waals surface area contributed by atoms with Gasteiger partial charge in [-0.1, -0.05) is 17.7 Å². The van der Waals surface area contributed by atoms with Crippen molar-refractivity contribution in [2.24, 2.45) is 0 Å². The molecule has 1 aromatic carbocycles. The highest BCUT2D eigenvalue weighted by molar-refractivity contribution is 7.10. The van der Waals surface area contributed by atoms with Gasteiger partial charge in [0.25, 0.3) is 5.91 Å². The second kappa shape index (κ2) is 6.02. The van der Waals surface area contributed by atoms with E-state index in [9.17, 15) is 14.0 Å². The molecule has 0 aliphatic rings. The normalized spacial score (nSPS) is 11.9. The second-order valence-electron chi connectivity index (χ2n) is 3.89. The van der Waals surface area contributed by atoms with Gasteiger partial charge in [0.2, 0.25) is 0 Å². The largest absolute Gasteiger partial charge is 0.479 e. The van der Waals surface area contributed by atoms with E-state index in [0.717, 1.165) is 6.07 Å². The van der Waals surface area contributed by atoms with Crippen LogP contribution in [0.4, 0.5) is 4.39 Å². The van der Waals surface area contributed by atoms with Crippen LogP contribution in [0.1, 0.15) is 21.3 Å². The zero-order valence-electron chi connectivity index (χ0n) is 9.97. The van der Waals surface area contributed by atoms with Gasteiger partial charge in [0, 0.05) is 10.4 Å². The van der Waals surface area contributed by atoms with E-state index in [-0.39, 0.29) is 10.6 Å². The quantitative estimate of drug-likeness (QED) is 0.911. The molecule has 1 heterocycles. The van der Waals surface area contributed by atoms with Gasteiger partial charge in [-0.2, -0.15) is 0 Å². The lowest BCUT2D eigenvalue weighted by Gasteiger charge is -2.13. The minimum atomic E-state index is -1.18. The summed E-state index contributed by atoms with van der Waals surface area (Å²) in [5.74, 6) is -2.60. The van der Waals surface area contributed by atoms with Gasteiger partial charge >= 0.3 is 5.97 Å². The highest BCUT2D eigenvalue weighted by atomic mass is 35.5. The fraction of sp³-hybridized carbons (Fsp3) is 0.0769. The summed E-state index contributed by atoms with van der Waals surface area (Å²) in [4.78, 5) is 23.6. The maximum atomic E-state index is 13.3. The van der Waals surface area contributed by atoms with Crippen molar-refractivity contribution in [3.63, 3.8) is 0 Å². The molecule has 0 aliphatic heterocycles.